The van der Waals surface area contributed by atoms with Gasteiger partial charge in [0.2, 0.25) is 0 Å². The van der Waals surface area contributed by atoms with Gasteiger partial charge in [0.25, 0.3) is 0 Å². The largest absolute Gasteiger partial charge is 0.476 e. The topological polar surface area (TPSA) is 72.6 Å². The zero-order valence-electron chi connectivity index (χ0n) is 9.02. The van der Waals surface area contributed by atoms with E-state index in [9.17, 15) is 4.79 Å². The van der Waals surface area contributed by atoms with Gasteiger partial charge in [0, 0.05) is 12.7 Å². The van der Waals surface area contributed by atoms with Crippen molar-refractivity contribution in [3.05, 3.63) is 17.5 Å². The number of aromatic nitrogens is 1. The monoisotopic (exact) mass is 225 g/mol. The summed E-state index contributed by atoms with van der Waals surface area (Å²) in [4.78, 5) is 10.5. The molecule has 0 amide bonds. The maximum atomic E-state index is 10.5. The Hall–Kier alpha value is -1.36. The van der Waals surface area contributed by atoms with Gasteiger partial charge in [-0.3, -0.25) is 0 Å². The lowest BCUT2D eigenvalue weighted by molar-refractivity contribution is 0.0678. The second-order valence-corrected chi connectivity index (χ2v) is 4.15. The van der Waals surface area contributed by atoms with Gasteiger partial charge in [-0.2, -0.15) is 0 Å². The maximum Gasteiger partial charge on any atom is 0.358 e. The molecule has 0 radical (unpaired) electrons. The smallest absolute Gasteiger partial charge is 0.358 e. The molecule has 1 aromatic rings. The average Bonchev–Trinajstić information content (AvgIpc) is 2.87. The number of carboxylic acid groups (broad SMARTS) is 1. The van der Waals surface area contributed by atoms with Gasteiger partial charge in [0.15, 0.2) is 11.5 Å². The van der Waals surface area contributed by atoms with E-state index >= 15 is 0 Å². The van der Waals surface area contributed by atoms with Crippen LogP contribution in [0.25, 0.3) is 0 Å². The molecule has 1 fully saturated rings. The first-order valence-corrected chi connectivity index (χ1v) is 5.52. The number of aromatic carboxylic acids is 1. The number of carbonyl (C=O) groups is 1. The van der Waals surface area contributed by atoms with Crippen molar-refractivity contribution in [1.29, 1.82) is 0 Å². The standard InChI is InChI=1S/C11H15NO4/c13-11(14)10-5-9(16-12-10)7-15-6-8-3-1-2-4-8/h5,8H,1-4,6-7H2,(H,13,14). The molecule has 0 spiro atoms. The van der Waals surface area contributed by atoms with Gasteiger partial charge in [-0.15, -0.1) is 0 Å². The minimum atomic E-state index is -1.08. The van der Waals surface area contributed by atoms with Gasteiger partial charge >= 0.3 is 5.97 Å². The third-order valence-electron chi connectivity index (χ3n) is 2.85. The van der Waals surface area contributed by atoms with E-state index in [1.807, 2.05) is 0 Å². The summed E-state index contributed by atoms with van der Waals surface area (Å²) >= 11 is 0. The third kappa shape index (κ3) is 2.82. The molecule has 5 heteroatoms. The van der Waals surface area contributed by atoms with Crippen LogP contribution in [0.1, 0.15) is 41.9 Å². The number of hydrogen-bond donors (Lipinski definition) is 1. The lowest BCUT2D eigenvalue weighted by atomic mass is 10.1. The van der Waals surface area contributed by atoms with E-state index in [2.05, 4.69) is 5.16 Å². The van der Waals surface area contributed by atoms with Gasteiger partial charge in [-0.25, -0.2) is 4.79 Å². The van der Waals surface area contributed by atoms with E-state index in [-0.39, 0.29) is 5.69 Å². The van der Waals surface area contributed by atoms with Crippen molar-refractivity contribution in [2.75, 3.05) is 6.61 Å². The molecule has 1 aliphatic carbocycles. The van der Waals surface area contributed by atoms with Crippen LogP contribution in [0.2, 0.25) is 0 Å². The fraction of sp³-hybridized carbons (Fsp3) is 0.636. The molecule has 0 saturated heterocycles. The van der Waals surface area contributed by atoms with Crippen LogP contribution in [0.5, 0.6) is 0 Å². The van der Waals surface area contributed by atoms with Gasteiger partial charge in [0.1, 0.15) is 6.61 Å². The first kappa shape index (κ1) is 11.1. The molecule has 1 aliphatic rings. The molecule has 16 heavy (non-hydrogen) atoms. The Morgan fingerprint density at radius 2 is 2.31 bits per heavy atom. The maximum absolute atomic E-state index is 10.5. The minimum absolute atomic E-state index is 0.0699. The van der Waals surface area contributed by atoms with Crippen LogP contribution < -0.4 is 0 Å². The summed E-state index contributed by atoms with van der Waals surface area (Å²) in [6, 6.07) is 1.40. The summed E-state index contributed by atoms with van der Waals surface area (Å²) in [5.74, 6) is 0.0445. The normalized spacial score (nSPS) is 16.8. The van der Waals surface area contributed by atoms with Crippen LogP contribution in [-0.2, 0) is 11.3 Å². The molecule has 5 nitrogen and oxygen atoms in total. The molecule has 1 heterocycles. The van der Waals surface area contributed by atoms with E-state index in [1.165, 1.54) is 31.7 Å². The highest BCUT2D eigenvalue weighted by molar-refractivity contribution is 5.85. The number of carboxylic acids is 1. The van der Waals surface area contributed by atoms with Gasteiger partial charge < -0.3 is 14.4 Å². The fourth-order valence-corrected chi connectivity index (χ4v) is 1.99. The molecule has 0 aliphatic heterocycles. The summed E-state index contributed by atoms with van der Waals surface area (Å²) in [6.45, 7) is 1.03. The quantitative estimate of drug-likeness (QED) is 0.830. The Bertz CT molecular complexity index is 355. The highest BCUT2D eigenvalue weighted by Gasteiger charge is 2.16. The highest BCUT2D eigenvalue weighted by Crippen LogP contribution is 2.24. The van der Waals surface area contributed by atoms with Crippen molar-refractivity contribution in [3.8, 4) is 0 Å². The van der Waals surface area contributed by atoms with Gasteiger partial charge in [-0.1, -0.05) is 18.0 Å². The predicted octanol–water partition coefficient (Wildman–Crippen LogP) is 2.08. The van der Waals surface area contributed by atoms with Gasteiger partial charge in [0.05, 0.1) is 0 Å². The average molecular weight is 225 g/mol. The molecule has 0 aromatic carbocycles. The summed E-state index contributed by atoms with van der Waals surface area (Å²) in [7, 11) is 0. The second kappa shape index (κ2) is 5.12. The van der Waals surface area contributed by atoms with Crippen LogP contribution in [0, 0.1) is 5.92 Å². The summed E-state index contributed by atoms with van der Waals surface area (Å²) in [6.07, 6.45) is 5.05. The van der Waals surface area contributed by atoms with Crippen LogP contribution >= 0.6 is 0 Å². The Morgan fingerprint density at radius 3 is 2.94 bits per heavy atom. The minimum Gasteiger partial charge on any atom is -0.476 e. The molecule has 2 rings (SSSR count). The van der Waals surface area contributed by atoms with Crippen LogP contribution in [0.3, 0.4) is 0 Å². The number of nitrogens with zero attached hydrogens (tertiary/aromatic N) is 1. The second-order valence-electron chi connectivity index (χ2n) is 4.15. The Labute approximate surface area is 93.4 Å². The Morgan fingerprint density at radius 1 is 1.56 bits per heavy atom. The van der Waals surface area contributed by atoms with Gasteiger partial charge in [-0.05, 0) is 18.8 Å². The summed E-state index contributed by atoms with van der Waals surface area (Å²) in [5, 5.41) is 12.0. The lowest BCUT2D eigenvalue weighted by Gasteiger charge is -2.07. The molecule has 88 valence electrons. The van der Waals surface area contributed by atoms with Crippen molar-refractivity contribution < 1.29 is 19.2 Å². The fourth-order valence-electron chi connectivity index (χ4n) is 1.99. The SMILES string of the molecule is O=C(O)c1cc(COCC2CCCC2)on1. The van der Waals surface area contributed by atoms with Crippen LogP contribution in [0.4, 0.5) is 0 Å². The third-order valence-corrected chi connectivity index (χ3v) is 2.85. The molecule has 1 aromatic heterocycles. The van der Waals surface area contributed by atoms with E-state index in [0.29, 0.717) is 18.3 Å². The molecule has 1 saturated carbocycles. The van der Waals surface area contributed by atoms with Crippen molar-refractivity contribution in [1.82, 2.24) is 5.16 Å². The molecule has 1 N–H and O–H groups in total. The van der Waals surface area contributed by atoms with Crippen molar-refractivity contribution >= 4 is 5.97 Å². The molecule has 0 bridgehead atoms. The predicted molar refractivity (Wildman–Crippen MR) is 55.1 cm³/mol. The van der Waals surface area contributed by atoms with E-state index < -0.39 is 5.97 Å². The molecule has 0 unspecified atom stereocenters. The lowest BCUT2D eigenvalue weighted by Crippen LogP contribution is -2.04. The Kier molecular flexibility index (Phi) is 3.56. The molecule has 0 atom stereocenters. The van der Waals surface area contributed by atoms with E-state index in [0.717, 1.165) is 6.61 Å². The zero-order valence-corrected chi connectivity index (χ0v) is 9.02. The van der Waals surface area contributed by atoms with E-state index in [4.69, 9.17) is 14.4 Å². The highest BCUT2D eigenvalue weighted by atomic mass is 16.5. The van der Waals surface area contributed by atoms with Crippen LogP contribution in [-0.4, -0.2) is 22.8 Å². The first-order valence-electron chi connectivity index (χ1n) is 5.52. The summed E-state index contributed by atoms with van der Waals surface area (Å²) in [5.41, 5.74) is -0.0699. The molecular weight excluding hydrogens is 210 g/mol. The molecular formula is C11H15NO4. The Balaban J connectivity index is 1.74. The van der Waals surface area contributed by atoms with Crippen molar-refractivity contribution in [2.45, 2.75) is 32.3 Å². The van der Waals surface area contributed by atoms with Crippen molar-refractivity contribution in [2.24, 2.45) is 5.92 Å². The van der Waals surface area contributed by atoms with E-state index in [1.54, 1.807) is 0 Å². The van der Waals surface area contributed by atoms with Crippen molar-refractivity contribution in [3.63, 3.8) is 0 Å². The summed E-state index contributed by atoms with van der Waals surface area (Å²) < 4.78 is 10.3. The van der Waals surface area contributed by atoms with Crippen LogP contribution in [0.15, 0.2) is 10.6 Å². The zero-order chi connectivity index (χ0) is 11.4. The number of hydrogen-bond acceptors (Lipinski definition) is 4. The number of ether oxygens (including phenoxy) is 1. The first-order chi connectivity index (χ1) is 7.75. The number of rotatable bonds is 5.